The first-order valence-electron chi connectivity index (χ1n) is 4.02. The van der Waals surface area contributed by atoms with Gasteiger partial charge in [-0.05, 0) is 12.0 Å². The van der Waals surface area contributed by atoms with Crippen molar-refractivity contribution in [1.29, 1.82) is 5.26 Å². The molecule has 2 nitrogen and oxygen atoms in total. The van der Waals surface area contributed by atoms with E-state index < -0.39 is 0 Å². The van der Waals surface area contributed by atoms with E-state index in [2.05, 4.69) is 6.07 Å². The van der Waals surface area contributed by atoms with Gasteiger partial charge in [0.25, 0.3) is 0 Å². The molecule has 70 valence electrons. The lowest BCUT2D eigenvalue weighted by Crippen LogP contribution is -2.09. The van der Waals surface area contributed by atoms with Crippen LogP contribution in [0, 0.1) is 11.3 Å². The molecule has 0 aliphatic rings. The van der Waals surface area contributed by atoms with Gasteiger partial charge in [-0.3, -0.25) is 0 Å². The fraction of sp³-hybridized carbons (Fsp3) is 0.300. The maximum Gasteiger partial charge on any atom is 0.0622 e. The summed E-state index contributed by atoms with van der Waals surface area (Å²) in [7, 11) is 0. The lowest BCUT2D eigenvalue weighted by molar-refractivity contribution is 0.665. The van der Waals surface area contributed by atoms with Crippen molar-refractivity contribution in [2.45, 2.75) is 18.9 Å². The molecule has 0 fully saturated rings. The van der Waals surface area contributed by atoms with Gasteiger partial charge >= 0.3 is 0 Å². The quantitative estimate of drug-likeness (QED) is 0.807. The van der Waals surface area contributed by atoms with Crippen molar-refractivity contribution in [1.82, 2.24) is 0 Å². The molecule has 1 aromatic carbocycles. The smallest absolute Gasteiger partial charge is 0.0622 e. The third-order valence-corrected chi connectivity index (χ3v) is 1.79. The molecule has 0 radical (unpaired) electrons. The van der Waals surface area contributed by atoms with E-state index in [-0.39, 0.29) is 18.4 Å². The number of halogens is 1. The van der Waals surface area contributed by atoms with E-state index in [0.717, 1.165) is 12.0 Å². The Morgan fingerprint density at radius 3 is 2.46 bits per heavy atom. The molecule has 3 heteroatoms. The third-order valence-electron chi connectivity index (χ3n) is 1.79. The summed E-state index contributed by atoms with van der Waals surface area (Å²) in [6.45, 7) is 0. The second-order valence-electron chi connectivity index (χ2n) is 2.71. The molecule has 1 rings (SSSR count). The molecule has 0 saturated heterocycles. The van der Waals surface area contributed by atoms with Gasteiger partial charge in [-0.1, -0.05) is 30.3 Å². The Kier molecular flexibility index (Phi) is 5.96. The molecular formula is C10H13ClN2. The van der Waals surface area contributed by atoms with Crippen molar-refractivity contribution in [3.63, 3.8) is 0 Å². The summed E-state index contributed by atoms with van der Waals surface area (Å²) in [5, 5.41) is 8.36. The summed E-state index contributed by atoms with van der Waals surface area (Å²) >= 11 is 0. The third kappa shape index (κ3) is 3.93. The van der Waals surface area contributed by atoms with E-state index in [1.54, 1.807) is 0 Å². The van der Waals surface area contributed by atoms with Crippen molar-refractivity contribution in [3.8, 4) is 6.07 Å². The summed E-state index contributed by atoms with van der Waals surface area (Å²) in [6.07, 6.45) is 1.26. The van der Waals surface area contributed by atoms with E-state index in [1.807, 2.05) is 30.3 Å². The average Bonchev–Trinajstić information content (AvgIpc) is 2.15. The van der Waals surface area contributed by atoms with Crippen LogP contribution in [-0.2, 0) is 0 Å². The first-order valence-corrected chi connectivity index (χ1v) is 4.02. The van der Waals surface area contributed by atoms with Crippen LogP contribution in [0.5, 0.6) is 0 Å². The zero-order valence-electron chi connectivity index (χ0n) is 7.31. The number of nitriles is 1. The number of benzene rings is 1. The van der Waals surface area contributed by atoms with Crippen LogP contribution in [-0.4, -0.2) is 0 Å². The Morgan fingerprint density at radius 1 is 1.31 bits per heavy atom. The van der Waals surface area contributed by atoms with Gasteiger partial charge in [0.2, 0.25) is 0 Å². The van der Waals surface area contributed by atoms with E-state index >= 15 is 0 Å². The summed E-state index contributed by atoms with van der Waals surface area (Å²) in [4.78, 5) is 0. The first kappa shape index (κ1) is 12.0. The Bertz CT molecular complexity index is 266. The minimum absolute atomic E-state index is 0. The lowest BCUT2D eigenvalue weighted by atomic mass is 10.0. The minimum atomic E-state index is 0. The second-order valence-corrected chi connectivity index (χ2v) is 2.71. The van der Waals surface area contributed by atoms with Crippen LogP contribution in [0.4, 0.5) is 0 Å². The van der Waals surface area contributed by atoms with Gasteiger partial charge in [-0.15, -0.1) is 12.4 Å². The first-order chi connectivity index (χ1) is 5.84. The molecule has 0 saturated carbocycles. The van der Waals surface area contributed by atoms with Crippen molar-refractivity contribution in [2.75, 3.05) is 0 Å². The number of hydrogen-bond acceptors (Lipinski definition) is 2. The van der Waals surface area contributed by atoms with Gasteiger partial charge < -0.3 is 5.73 Å². The van der Waals surface area contributed by atoms with Crippen molar-refractivity contribution < 1.29 is 0 Å². The number of rotatable bonds is 3. The van der Waals surface area contributed by atoms with Crippen LogP contribution in [0.25, 0.3) is 0 Å². The largest absolute Gasteiger partial charge is 0.324 e. The summed E-state index contributed by atoms with van der Waals surface area (Å²) < 4.78 is 0. The highest BCUT2D eigenvalue weighted by atomic mass is 35.5. The number of hydrogen-bond donors (Lipinski definition) is 1. The monoisotopic (exact) mass is 196 g/mol. The van der Waals surface area contributed by atoms with Crippen molar-refractivity contribution in [3.05, 3.63) is 35.9 Å². The predicted molar refractivity (Wildman–Crippen MR) is 55.5 cm³/mol. The van der Waals surface area contributed by atoms with Crippen LogP contribution in [0.1, 0.15) is 24.4 Å². The van der Waals surface area contributed by atoms with E-state index in [9.17, 15) is 0 Å². The van der Waals surface area contributed by atoms with E-state index in [1.165, 1.54) is 0 Å². The molecule has 0 aliphatic heterocycles. The summed E-state index contributed by atoms with van der Waals surface area (Å²) in [6, 6.07) is 11.9. The fourth-order valence-electron chi connectivity index (χ4n) is 1.09. The van der Waals surface area contributed by atoms with Crippen LogP contribution < -0.4 is 5.73 Å². The highest BCUT2D eigenvalue weighted by molar-refractivity contribution is 5.85. The molecule has 2 N–H and O–H groups in total. The molecule has 0 aromatic heterocycles. The summed E-state index contributed by atoms with van der Waals surface area (Å²) in [5.74, 6) is 0. The van der Waals surface area contributed by atoms with Gasteiger partial charge in [0.05, 0.1) is 6.07 Å². The number of nitrogens with zero attached hydrogens (tertiary/aromatic N) is 1. The molecular weight excluding hydrogens is 184 g/mol. The molecule has 1 atom stereocenters. The molecule has 13 heavy (non-hydrogen) atoms. The SMILES string of the molecule is Cl.N#CCCC(N)c1ccccc1. The van der Waals surface area contributed by atoms with Crippen LogP contribution in [0.3, 0.4) is 0 Å². The van der Waals surface area contributed by atoms with Gasteiger partial charge in [0.15, 0.2) is 0 Å². The summed E-state index contributed by atoms with van der Waals surface area (Å²) in [5.41, 5.74) is 6.93. The molecule has 0 amide bonds. The molecule has 0 aliphatic carbocycles. The van der Waals surface area contributed by atoms with Gasteiger partial charge in [-0.2, -0.15) is 5.26 Å². The van der Waals surface area contributed by atoms with Crippen molar-refractivity contribution in [2.24, 2.45) is 5.73 Å². The highest BCUT2D eigenvalue weighted by Crippen LogP contribution is 2.14. The van der Waals surface area contributed by atoms with Gasteiger partial charge in [-0.25, -0.2) is 0 Å². The number of nitrogens with two attached hydrogens (primary N) is 1. The molecule has 1 aromatic rings. The fourth-order valence-corrected chi connectivity index (χ4v) is 1.09. The Labute approximate surface area is 84.8 Å². The van der Waals surface area contributed by atoms with Crippen molar-refractivity contribution >= 4 is 12.4 Å². The van der Waals surface area contributed by atoms with Gasteiger partial charge in [0.1, 0.15) is 0 Å². The van der Waals surface area contributed by atoms with Crippen LogP contribution >= 0.6 is 12.4 Å². The second kappa shape index (κ2) is 6.47. The molecule has 0 spiro atoms. The Morgan fingerprint density at radius 2 is 1.92 bits per heavy atom. The molecule has 0 bridgehead atoms. The maximum atomic E-state index is 8.36. The Hall–Kier alpha value is -1.04. The zero-order valence-corrected chi connectivity index (χ0v) is 8.13. The van der Waals surface area contributed by atoms with Crippen LogP contribution in [0.15, 0.2) is 30.3 Å². The standard InChI is InChI=1S/C10H12N2.ClH/c11-8-4-7-10(12)9-5-2-1-3-6-9;/h1-3,5-6,10H,4,7,12H2;1H. The zero-order chi connectivity index (χ0) is 8.81. The maximum absolute atomic E-state index is 8.36. The topological polar surface area (TPSA) is 49.8 Å². The Balaban J connectivity index is 0.00000144. The predicted octanol–water partition coefficient (Wildman–Crippen LogP) is 2.41. The van der Waals surface area contributed by atoms with Gasteiger partial charge in [0, 0.05) is 12.5 Å². The van der Waals surface area contributed by atoms with E-state index in [4.69, 9.17) is 11.0 Å². The van der Waals surface area contributed by atoms with Crippen LogP contribution in [0.2, 0.25) is 0 Å². The highest BCUT2D eigenvalue weighted by Gasteiger charge is 2.03. The lowest BCUT2D eigenvalue weighted by Gasteiger charge is -2.08. The molecule has 1 unspecified atom stereocenters. The van der Waals surface area contributed by atoms with E-state index in [0.29, 0.717) is 6.42 Å². The average molecular weight is 197 g/mol. The minimum Gasteiger partial charge on any atom is -0.324 e. The normalized spacial score (nSPS) is 11.1. The molecule has 0 heterocycles.